The molecule has 0 unspecified atom stereocenters. The van der Waals surface area contributed by atoms with Crippen molar-refractivity contribution in [3.63, 3.8) is 0 Å². The number of carbonyl (C=O) groups excluding carboxylic acids is 2. The Hall–Kier alpha value is -3.08. The van der Waals surface area contributed by atoms with Gasteiger partial charge in [-0.3, -0.25) is 4.79 Å². The van der Waals surface area contributed by atoms with E-state index in [1.165, 1.54) is 13.3 Å². The molecule has 2 rings (SSSR count). The number of amides is 1. The standard InChI is InChI=1S/C18H18N2O3/c1-13-8-6-7-11-15(13)19-12-16(18(22)23-2)20-17(21)14-9-4-3-5-10-14/h3-12,19H,1-2H3,(H,20,21)/b16-12-. The van der Waals surface area contributed by atoms with Crippen molar-refractivity contribution < 1.29 is 14.3 Å². The number of esters is 1. The first-order valence-electron chi connectivity index (χ1n) is 7.09. The molecule has 23 heavy (non-hydrogen) atoms. The van der Waals surface area contributed by atoms with Crippen LogP contribution in [0.4, 0.5) is 5.69 Å². The second-order valence-electron chi connectivity index (χ2n) is 4.83. The first kappa shape index (κ1) is 16.3. The van der Waals surface area contributed by atoms with Crippen LogP contribution in [0, 0.1) is 6.92 Å². The third-order valence-electron chi connectivity index (χ3n) is 3.21. The molecule has 0 spiro atoms. The largest absolute Gasteiger partial charge is 0.464 e. The van der Waals surface area contributed by atoms with Crippen molar-refractivity contribution in [1.82, 2.24) is 5.32 Å². The van der Waals surface area contributed by atoms with Gasteiger partial charge in [0.1, 0.15) is 5.70 Å². The average molecular weight is 310 g/mol. The number of para-hydroxylation sites is 1. The van der Waals surface area contributed by atoms with Crippen molar-refractivity contribution in [3.8, 4) is 0 Å². The van der Waals surface area contributed by atoms with Gasteiger partial charge in [0.25, 0.3) is 5.91 Å². The molecular weight excluding hydrogens is 292 g/mol. The molecule has 5 nitrogen and oxygen atoms in total. The molecule has 0 saturated heterocycles. The van der Waals surface area contributed by atoms with Crippen LogP contribution in [0.1, 0.15) is 15.9 Å². The smallest absolute Gasteiger partial charge is 0.356 e. The number of aryl methyl sites for hydroxylation is 1. The number of nitrogens with one attached hydrogen (secondary N) is 2. The highest BCUT2D eigenvalue weighted by Gasteiger charge is 2.14. The minimum Gasteiger partial charge on any atom is -0.464 e. The van der Waals surface area contributed by atoms with Crippen LogP contribution in [0.2, 0.25) is 0 Å². The summed E-state index contributed by atoms with van der Waals surface area (Å²) < 4.78 is 4.71. The zero-order chi connectivity index (χ0) is 16.7. The molecule has 0 heterocycles. The maximum Gasteiger partial charge on any atom is 0.356 e. The highest BCUT2D eigenvalue weighted by Crippen LogP contribution is 2.13. The summed E-state index contributed by atoms with van der Waals surface area (Å²) in [7, 11) is 1.26. The van der Waals surface area contributed by atoms with Crippen molar-refractivity contribution in [2.75, 3.05) is 12.4 Å². The minimum atomic E-state index is -0.629. The number of carbonyl (C=O) groups is 2. The summed E-state index contributed by atoms with van der Waals surface area (Å²) in [5, 5.41) is 5.57. The molecule has 1 amide bonds. The monoisotopic (exact) mass is 310 g/mol. The lowest BCUT2D eigenvalue weighted by atomic mass is 10.2. The summed E-state index contributed by atoms with van der Waals surface area (Å²) in [5.41, 5.74) is 2.34. The highest BCUT2D eigenvalue weighted by atomic mass is 16.5. The Kier molecular flexibility index (Phi) is 5.52. The lowest BCUT2D eigenvalue weighted by Crippen LogP contribution is -2.28. The molecule has 2 aromatic carbocycles. The fraction of sp³-hybridized carbons (Fsp3) is 0.111. The van der Waals surface area contributed by atoms with Crippen molar-refractivity contribution in [1.29, 1.82) is 0 Å². The van der Waals surface area contributed by atoms with E-state index in [0.717, 1.165) is 11.3 Å². The number of methoxy groups -OCH3 is 1. The third kappa shape index (κ3) is 4.44. The van der Waals surface area contributed by atoms with Crippen molar-refractivity contribution in [2.24, 2.45) is 0 Å². The summed E-state index contributed by atoms with van der Waals surface area (Å²) in [5.74, 6) is -1.01. The molecule has 2 aromatic rings. The van der Waals surface area contributed by atoms with Gasteiger partial charge in [-0.2, -0.15) is 0 Å². The Morgan fingerprint density at radius 2 is 1.65 bits per heavy atom. The van der Waals surface area contributed by atoms with E-state index in [9.17, 15) is 9.59 Å². The highest BCUT2D eigenvalue weighted by molar-refractivity contribution is 6.01. The maximum absolute atomic E-state index is 12.2. The summed E-state index contributed by atoms with van der Waals surface area (Å²) in [6, 6.07) is 16.3. The predicted molar refractivity (Wildman–Crippen MR) is 88.8 cm³/mol. The number of benzene rings is 2. The van der Waals surface area contributed by atoms with Gasteiger partial charge in [0.15, 0.2) is 0 Å². The van der Waals surface area contributed by atoms with Crippen molar-refractivity contribution in [3.05, 3.63) is 77.6 Å². The molecule has 118 valence electrons. The first-order valence-corrected chi connectivity index (χ1v) is 7.09. The second-order valence-corrected chi connectivity index (χ2v) is 4.83. The normalized spacial score (nSPS) is 10.8. The zero-order valence-electron chi connectivity index (χ0n) is 13.0. The summed E-state index contributed by atoms with van der Waals surface area (Å²) in [4.78, 5) is 24.0. The quantitative estimate of drug-likeness (QED) is 0.658. The maximum atomic E-state index is 12.2. The van der Waals surface area contributed by atoms with Gasteiger partial charge in [-0.15, -0.1) is 0 Å². The van der Waals surface area contributed by atoms with E-state index in [0.29, 0.717) is 5.56 Å². The Bertz CT molecular complexity index is 724. The van der Waals surface area contributed by atoms with E-state index in [2.05, 4.69) is 10.6 Å². The number of hydrogen-bond acceptors (Lipinski definition) is 4. The number of ether oxygens (including phenoxy) is 1. The molecule has 0 aromatic heterocycles. The summed E-state index contributed by atoms with van der Waals surface area (Å²) >= 11 is 0. The van der Waals surface area contributed by atoms with Gasteiger partial charge >= 0.3 is 5.97 Å². The van der Waals surface area contributed by atoms with Crippen LogP contribution in [0.3, 0.4) is 0 Å². The van der Waals surface area contributed by atoms with Gasteiger partial charge in [0.2, 0.25) is 0 Å². The summed E-state index contributed by atoms with van der Waals surface area (Å²) in [6.45, 7) is 1.94. The zero-order valence-corrected chi connectivity index (χ0v) is 13.0. The summed E-state index contributed by atoms with van der Waals surface area (Å²) in [6.07, 6.45) is 1.43. The lowest BCUT2D eigenvalue weighted by Gasteiger charge is -2.10. The molecule has 0 radical (unpaired) electrons. The van der Waals surface area contributed by atoms with E-state index in [-0.39, 0.29) is 11.6 Å². The van der Waals surface area contributed by atoms with Crippen molar-refractivity contribution in [2.45, 2.75) is 6.92 Å². The van der Waals surface area contributed by atoms with Gasteiger partial charge in [-0.25, -0.2) is 4.79 Å². The van der Waals surface area contributed by atoms with E-state index >= 15 is 0 Å². The van der Waals surface area contributed by atoms with Crippen LogP contribution in [-0.4, -0.2) is 19.0 Å². The van der Waals surface area contributed by atoms with Crippen LogP contribution in [-0.2, 0) is 9.53 Å². The number of hydrogen-bond donors (Lipinski definition) is 2. The van der Waals surface area contributed by atoms with Gasteiger partial charge in [0.05, 0.1) is 7.11 Å². The SMILES string of the molecule is COC(=O)/C(=C/Nc1ccccc1C)NC(=O)c1ccccc1. The fourth-order valence-electron chi connectivity index (χ4n) is 1.92. The Labute approximate surface area is 135 Å². The molecule has 0 aliphatic carbocycles. The third-order valence-corrected chi connectivity index (χ3v) is 3.21. The molecule has 0 aliphatic rings. The van der Waals surface area contributed by atoms with Crippen molar-refractivity contribution >= 4 is 17.6 Å². The van der Waals surface area contributed by atoms with Crippen LogP contribution >= 0.6 is 0 Å². The fourth-order valence-corrected chi connectivity index (χ4v) is 1.92. The second kappa shape index (κ2) is 7.79. The Balaban J connectivity index is 2.17. The Morgan fingerprint density at radius 1 is 1.00 bits per heavy atom. The van der Waals surface area contributed by atoms with Gasteiger partial charge in [-0.1, -0.05) is 36.4 Å². The van der Waals surface area contributed by atoms with Crippen LogP contribution < -0.4 is 10.6 Å². The number of rotatable bonds is 5. The molecule has 0 bridgehead atoms. The van der Waals surface area contributed by atoms with E-state index in [4.69, 9.17) is 4.74 Å². The topological polar surface area (TPSA) is 67.4 Å². The van der Waals surface area contributed by atoms with Gasteiger partial charge in [0, 0.05) is 17.5 Å². The molecular formula is C18H18N2O3. The number of anilines is 1. The van der Waals surface area contributed by atoms with E-state index < -0.39 is 5.97 Å². The molecule has 0 aliphatic heterocycles. The molecule has 0 saturated carbocycles. The van der Waals surface area contributed by atoms with Crippen LogP contribution in [0.15, 0.2) is 66.5 Å². The van der Waals surface area contributed by atoms with Crippen LogP contribution in [0.5, 0.6) is 0 Å². The molecule has 5 heteroatoms. The lowest BCUT2D eigenvalue weighted by molar-refractivity contribution is -0.136. The Morgan fingerprint density at radius 3 is 2.30 bits per heavy atom. The van der Waals surface area contributed by atoms with Gasteiger partial charge < -0.3 is 15.4 Å². The molecule has 2 N–H and O–H groups in total. The first-order chi connectivity index (χ1) is 11.1. The molecule has 0 atom stereocenters. The van der Waals surface area contributed by atoms with Crippen LogP contribution in [0.25, 0.3) is 0 Å². The van der Waals surface area contributed by atoms with E-state index in [1.54, 1.807) is 24.3 Å². The minimum absolute atomic E-state index is 0.0320. The molecule has 0 fully saturated rings. The average Bonchev–Trinajstić information content (AvgIpc) is 2.59. The predicted octanol–water partition coefficient (Wildman–Crippen LogP) is 2.85. The van der Waals surface area contributed by atoms with E-state index in [1.807, 2.05) is 37.3 Å². The van der Waals surface area contributed by atoms with Gasteiger partial charge in [-0.05, 0) is 30.7 Å².